The fourth-order valence-electron chi connectivity index (χ4n) is 3.53. The second-order valence-corrected chi connectivity index (χ2v) is 9.39. The highest BCUT2D eigenvalue weighted by molar-refractivity contribution is 7.89. The van der Waals surface area contributed by atoms with Gasteiger partial charge in [0.15, 0.2) is 0 Å². The molecule has 0 bridgehead atoms. The molecule has 0 spiro atoms. The number of hydrogen-bond acceptors (Lipinski definition) is 5. The lowest BCUT2D eigenvalue weighted by Gasteiger charge is -2.34. The molecule has 1 heterocycles. The number of carbonyl (C=O) groups is 2. The van der Waals surface area contributed by atoms with Gasteiger partial charge in [-0.25, -0.2) is 8.42 Å². The van der Waals surface area contributed by atoms with Crippen LogP contribution in [0.15, 0.2) is 41.3 Å². The number of hydrogen-bond donors (Lipinski definition) is 1. The van der Waals surface area contributed by atoms with Gasteiger partial charge in [0.05, 0.1) is 11.4 Å². The molecule has 8 nitrogen and oxygen atoms in total. The number of sulfonamides is 1. The van der Waals surface area contributed by atoms with E-state index >= 15 is 0 Å². The summed E-state index contributed by atoms with van der Waals surface area (Å²) in [5.41, 5.74) is 0.943. The minimum absolute atomic E-state index is 0.144. The number of amides is 2. The van der Waals surface area contributed by atoms with E-state index in [-0.39, 0.29) is 49.4 Å². The fraction of sp³-hybridized carbons (Fsp3) is 0.400. The van der Waals surface area contributed by atoms with Gasteiger partial charge in [-0.05, 0) is 12.1 Å². The molecule has 1 aliphatic heterocycles. The molecule has 1 fully saturated rings. The molecule has 2 amide bonds. The monoisotopic (exact) mass is 452 g/mol. The number of benzene rings is 2. The maximum Gasteiger partial charge on any atom is 0.243 e. The molecular formula is C20H25ClN4O4S. The zero-order chi connectivity index (χ0) is 21.9. The Morgan fingerprint density at radius 2 is 1.67 bits per heavy atom. The molecule has 30 heavy (non-hydrogen) atoms. The number of carbonyl (C=O) groups excluding carboxylic acids is 2. The summed E-state index contributed by atoms with van der Waals surface area (Å²) in [5.74, 6) is -0.884. The highest BCUT2D eigenvalue weighted by Gasteiger charge is 2.31. The molecule has 1 aliphatic rings. The van der Waals surface area contributed by atoms with E-state index in [1.807, 2.05) is 43.3 Å². The van der Waals surface area contributed by atoms with Crippen molar-refractivity contribution in [2.75, 3.05) is 57.6 Å². The van der Waals surface area contributed by atoms with E-state index in [0.717, 1.165) is 11.1 Å². The molecule has 1 saturated heterocycles. The lowest BCUT2D eigenvalue weighted by atomic mass is 10.1. The van der Waals surface area contributed by atoms with Crippen molar-refractivity contribution in [3.05, 3.63) is 36.4 Å². The van der Waals surface area contributed by atoms with Gasteiger partial charge in [-0.1, -0.05) is 24.3 Å². The number of alkyl halides is 1. The van der Waals surface area contributed by atoms with Crippen LogP contribution >= 0.6 is 11.6 Å². The summed E-state index contributed by atoms with van der Waals surface area (Å²) < 4.78 is 28.1. The summed E-state index contributed by atoms with van der Waals surface area (Å²) >= 11 is 5.40. The predicted molar refractivity (Wildman–Crippen MR) is 117 cm³/mol. The van der Waals surface area contributed by atoms with Crippen molar-refractivity contribution in [1.29, 1.82) is 0 Å². The Balaban J connectivity index is 1.77. The van der Waals surface area contributed by atoms with Crippen LogP contribution in [0, 0.1) is 0 Å². The first-order valence-corrected chi connectivity index (χ1v) is 11.5. The lowest BCUT2D eigenvalue weighted by molar-refractivity contribution is -0.133. The topological polar surface area (TPSA) is 90.0 Å². The van der Waals surface area contributed by atoms with Gasteiger partial charge < -0.3 is 15.1 Å². The molecule has 0 aromatic heterocycles. The molecule has 0 atom stereocenters. The summed E-state index contributed by atoms with van der Waals surface area (Å²) in [6.45, 7) is 0.780. The van der Waals surface area contributed by atoms with Crippen molar-refractivity contribution in [2.24, 2.45) is 0 Å². The maximum atomic E-state index is 13.3. The van der Waals surface area contributed by atoms with Crippen LogP contribution in [0.1, 0.15) is 0 Å². The molecule has 0 radical (unpaired) electrons. The zero-order valence-corrected chi connectivity index (χ0v) is 18.5. The van der Waals surface area contributed by atoms with Gasteiger partial charge in [0.1, 0.15) is 5.88 Å². The zero-order valence-electron chi connectivity index (χ0n) is 17.0. The Hall–Kier alpha value is -2.36. The third-order valence-corrected chi connectivity index (χ3v) is 7.31. The van der Waals surface area contributed by atoms with E-state index < -0.39 is 15.9 Å². The summed E-state index contributed by atoms with van der Waals surface area (Å²) in [7, 11) is 0.117. The predicted octanol–water partition coefficient (Wildman–Crippen LogP) is 1.09. The molecule has 0 aliphatic carbocycles. The minimum Gasteiger partial charge on any atom is -0.377 e. The van der Waals surface area contributed by atoms with Crippen molar-refractivity contribution in [3.63, 3.8) is 0 Å². The van der Waals surface area contributed by atoms with Gasteiger partial charge in [-0.15, -0.1) is 11.6 Å². The quantitative estimate of drug-likeness (QED) is 0.663. The number of anilines is 1. The maximum absolute atomic E-state index is 13.3. The summed E-state index contributed by atoms with van der Waals surface area (Å²) in [4.78, 5) is 27.2. The second-order valence-electron chi connectivity index (χ2n) is 7.22. The first-order valence-electron chi connectivity index (χ1n) is 9.55. The number of nitrogens with one attached hydrogen (secondary N) is 1. The highest BCUT2D eigenvalue weighted by atomic mass is 35.5. The summed E-state index contributed by atoms with van der Waals surface area (Å²) in [6, 6.07) is 10.9. The van der Waals surface area contributed by atoms with Crippen molar-refractivity contribution in [2.45, 2.75) is 4.90 Å². The van der Waals surface area contributed by atoms with Gasteiger partial charge in [-0.2, -0.15) is 4.31 Å². The average Bonchev–Trinajstić information content (AvgIpc) is 2.76. The molecule has 3 rings (SSSR count). The van der Waals surface area contributed by atoms with Crippen LogP contribution in [-0.2, 0) is 19.6 Å². The van der Waals surface area contributed by atoms with Gasteiger partial charge in [0.2, 0.25) is 21.8 Å². The molecule has 1 N–H and O–H groups in total. The van der Waals surface area contributed by atoms with Crippen LogP contribution in [0.4, 0.5) is 5.69 Å². The van der Waals surface area contributed by atoms with E-state index in [2.05, 4.69) is 5.32 Å². The van der Waals surface area contributed by atoms with Gasteiger partial charge >= 0.3 is 0 Å². The number of piperazine rings is 1. The smallest absolute Gasteiger partial charge is 0.243 e. The lowest BCUT2D eigenvalue weighted by Crippen LogP contribution is -2.52. The molecule has 2 aromatic rings. The Labute approximate surface area is 181 Å². The van der Waals surface area contributed by atoms with E-state index in [4.69, 9.17) is 11.6 Å². The third kappa shape index (κ3) is 4.53. The number of fused-ring (bicyclic) bond motifs is 1. The van der Waals surface area contributed by atoms with E-state index in [1.165, 1.54) is 4.31 Å². The Bertz CT molecular complexity index is 1050. The van der Waals surface area contributed by atoms with Gasteiger partial charge in [0, 0.05) is 56.7 Å². The standard InChI is InChI=1S/C20H25ClN4O4S/c1-23(2)17-7-3-6-16-15(17)5-4-8-18(16)30(28,29)25-11-9-24(10-12-25)20(27)14-22-19(26)13-21/h3-8H,9-14H2,1-2H3,(H,22,26). The fourth-order valence-corrected chi connectivity index (χ4v) is 5.25. The summed E-state index contributed by atoms with van der Waals surface area (Å²) in [5, 5.41) is 3.97. The largest absolute Gasteiger partial charge is 0.377 e. The SMILES string of the molecule is CN(C)c1cccc2c(S(=O)(=O)N3CCN(C(=O)CNC(=O)CCl)CC3)cccc12. The van der Waals surface area contributed by atoms with Crippen LogP contribution in [0.3, 0.4) is 0 Å². The number of nitrogens with zero attached hydrogens (tertiary/aromatic N) is 3. The Kier molecular flexibility index (Phi) is 6.84. The number of rotatable bonds is 6. The van der Waals surface area contributed by atoms with Crippen molar-refractivity contribution in [3.8, 4) is 0 Å². The Morgan fingerprint density at radius 3 is 2.30 bits per heavy atom. The van der Waals surface area contributed by atoms with Gasteiger partial charge in [0.25, 0.3) is 0 Å². The van der Waals surface area contributed by atoms with Crippen LogP contribution in [-0.4, -0.2) is 82.1 Å². The molecule has 2 aromatic carbocycles. The highest BCUT2D eigenvalue weighted by Crippen LogP contribution is 2.31. The summed E-state index contributed by atoms with van der Waals surface area (Å²) in [6.07, 6.45) is 0. The van der Waals surface area contributed by atoms with E-state index in [0.29, 0.717) is 5.39 Å². The van der Waals surface area contributed by atoms with Gasteiger partial charge in [-0.3, -0.25) is 9.59 Å². The van der Waals surface area contributed by atoms with Crippen molar-refractivity contribution >= 4 is 49.9 Å². The first kappa shape index (κ1) is 22.3. The molecule has 0 saturated carbocycles. The first-order chi connectivity index (χ1) is 14.3. The third-order valence-electron chi connectivity index (χ3n) is 5.11. The number of halogens is 1. The minimum atomic E-state index is -3.72. The van der Waals surface area contributed by atoms with Crippen molar-refractivity contribution < 1.29 is 18.0 Å². The van der Waals surface area contributed by atoms with Crippen LogP contribution in [0.25, 0.3) is 10.8 Å². The van der Waals surface area contributed by atoms with Crippen LogP contribution in [0.2, 0.25) is 0 Å². The van der Waals surface area contributed by atoms with Crippen LogP contribution in [0.5, 0.6) is 0 Å². The van der Waals surface area contributed by atoms with Crippen molar-refractivity contribution in [1.82, 2.24) is 14.5 Å². The normalized spacial score (nSPS) is 15.2. The molecule has 0 unspecified atom stereocenters. The second kappa shape index (κ2) is 9.20. The molecule has 10 heteroatoms. The average molecular weight is 453 g/mol. The molecule has 162 valence electrons. The molecular weight excluding hydrogens is 428 g/mol. The Morgan fingerprint density at radius 1 is 1.03 bits per heavy atom. The van der Waals surface area contributed by atoms with Crippen LogP contribution < -0.4 is 10.2 Å². The van der Waals surface area contributed by atoms with E-state index in [1.54, 1.807) is 17.0 Å². The van der Waals surface area contributed by atoms with E-state index in [9.17, 15) is 18.0 Å².